The molecule has 133 heavy (non-hydrogen) atoms. The van der Waals surface area contributed by atoms with Crippen molar-refractivity contribution in [3.05, 3.63) is 38.0 Å². The number of carboxylic acids is 4. The lowest BCUT2D eigenvalue weighted by Crippen LogP contribution is -2.54. The van der Waals surface area contributed by atoms with Crippen LogP contribution in [0.2, 0.25) is 199 Å². The Labute approximate surface area is 827 Å². The van der Waals surface area contributed by atoms with Crippen molar-refractivity contribution in [2.45, 2.75) is 440 Å². The molecule has 2 aliphatic heterocycles. The Hall–Kier alpha value is -4.86. The average Bonchev–Trinajstić information content (AvgIpc) is 1.63. The Balaban J connectivity index is -0.0000000534. The molecule has 0 saturated carbocycles. The van der Waals surface area contributed by atoms with Crippen LogP contribution in [0.15, 0.2) is 38.0 Å². The Morgan fingerprint density at radius 1 is 0.361 bits per heavy atom. The van der Waals surface area contributed by atoms with Crippen molar-refractivity contribution in [1.29, 1.82) is 0 Å². The third-order valence-electron chi connectivity index (χ3n) is 14.9. The van der Waals surface area contributed by atoms with E-state index in [0.29, 0.717) is 38.5 Å². The second kappa shape index (κ2) is 96.0. The highest BCUT2D eigenvalue weighted by atomic mass is 28.5. The van der Waals surface area contributed by atoms with Gasteiger partial charge in [-0.1, -0.05) is 208 Å². The number of esters is 4. The summed E-state index contributed by atoms with van der Waals surface area (Å²) in [5, 5.41) is 34.6. The van der Waals surface area contributed by atoms with Crippen molar-refractivity contribution in [3.8, 4) is 0 Å². The molecule has 2 aliphatic rings. The normalized spacial score (nSPS) is 13.5. The summed E-state index contributed by atoms with van der Waals surface area (Å²) in [5.41, 5.74) is 0. The minimum absolute atomic E-state index is 0. The van der Waals surface area contributed by atoms with Crippen molar-refractivity contribution >= 4 is 174 Å². The van der Waals surface area contributed by atoms with Crippen LogP contribution >= 0.6 is 0 Å². The van der Waals surface area contributed by atoms with Gasteiger partial charge in [-0.15, -0.1) is 19.7 Å². The molecule has 0 aromatic heterocycles. The van der Waals surface area contributed by atoms with Crippen molar-refractivity contribution < 1.29 is 145 Å². The summed E-state index contributed by atoms with van der Waals surface area (Å²) >= 11 is 0. The molecule has 6 unspecified atom stereocenters. The molecule has 0 aromatic carbocycles. The van der Waals surface area contributed by atoms with Gasteiger partial charge >= 0.3 is 107 Å². The van der Waals surface area contributed by atoms with Crippen LogP contribution in [0.1, 0.15) is 241 Å². The lowest BCUT2D eigenvalue weighted by atomic mass is 10.0. The van der Waals surface area contributed by atoms with Gasteiger partial charge in [0.25, 0.3) is 0 Å². The molecule has 43 heteroatoms. The fourth-order valence-electron chi connectivity index (χ4n) is 11.3. The van der Waals surface area contributed by atoms with Crippen LogP contribution in [0.25, 0.3) is 0 Å². The Morgan fingerprint density at radius 3 is 0.722 bits per heavy atom. The summed E-state index contributed by atoms with van der Waals surface area (Å²) in [7, 11) is -21.1. The molecule has 2 saturated heterocycles. The lowest BCUT2D eigenvalue weighted by Gasteiger charge is -2.41. The SMILES string of the molecule is C.C.C.C.C.C.C.C.C.C.C.C.C=CCC(C)C(=O)O.C=CCC(C)C(=O)O.C=CCC1CC(=O)OC1=O.CCC[SiH](O[Si](C)(C)C)O[Si](C)(C)C.CCC[Si](CCCC(C)C(=O)O)(O[Si](C)(C)C)O[Si](C)(C)C.CCC[Si](CCCC(C)C(=O)O)(O[Si](C)(C)C)O[Si](C)(C)C.CCC[Si](CCCC1CC(=O)OC1=O)(O[Si](C)(C)C)O[Si](C)(C)C.O.O=C=O.O=C=O.O=C=O.O=C=O. The first-order chi connectivity index (χ1) is 54.4. The predicted octanol–water partition coefficient (Wildman–Crippen LogP) is 25.5. The Kier molecular flexibility index (Phi) is 133. The zero-order valence-electron chi connectivity index (χ0n) is 79.9. The Morgan fingerprint density at radius 2 is 0.571 bits per heavy atom. The molecule has 2 fully saturated rings. The van der Waals surface area contributed by atoms with Gasteiger partial charge in [0.05, 0.1) is 48.3 Å². The second-order valence-electron chi connectivity index (χ2n) is 36.9. The van der Waals surface area contributed by atoms with Crippen LogP contribution in [0.3, 0.4) is 0 Å². The quantitative estimate of drug-likeness (QED) is 0.0190. The van der Waals surface area contributed by atoms with Gasteiger partial charge in [-0.2, -0.15) is 38.4 Å². The molecule has 0 amide bonds. The number of hydrogen-bond acceptors (Lipinski definition) is 26. The molecule has 0 spiro atoms. The van der Waals surface area contributed by atoms with Gasteiger partial charge in [-0.25, -0.2) is 0 Å². The molecule has 804 valence electrons. The molecule has 0 bridgehead atoms. The van der Waals surface area contributed by atoms with E-state index in [4.69, 9.17) is 91.7 Å². The maximum Gasteiger partial charge on any atom is 0.373 e. The number of aliphatic carboxylic acids is 4. The van der Waals surface area contributed by atoms with Crippen LogP contribution in [0, 0.1) is 35.5 Å². The number of allylic oxidation sites excluding steroid dienone is 3. The summed E-state index contributed by atoms with van der Waals surface area (Å²) in [6.45, 7) is 79.3. The molecule has 0 aromatic rings. The fourth-order valence-corrected chi connectivity index (χ4v) is 58.2. The first-order valence-electron chi connectivity index (χ1n) is 41.1. The summed E-state index contributed by atoms with van der Waals surface area (Å²) in [6, 6.07) is 6.93. The van der Waals surface area contributed by atoms with Gasteiger partial charge < -0.3 is 68.3 Å². The molecular weight excluding hydrogens is 1910 g/mol. The van der Waals surface area contributed by atoms with Gasteiger partial charge in [-0.05, 0) is 238 Å². The number of rotatable bonds is 46. The van der Waals surface area contributed by atoms with E-state index in [1.807, 2.05) is 0 Å². The topological polar surface area (TPSA) is 478 Å². The van der Waals surface area contributed by atoms with E-state index in [0.717, 1.165) is 80.8 Å². The van der Waals surface area contributed by atoms with E-state index in [2.05, 4.69) is 214 Å². The van der Waals surface area contributed by atoms with Crippen molar-refractivity contribution in [1.82, 2.24) is 0 Å². The number of carboxylic acid groups (broad SMARTS) is 4. The smallest absolute Gasteiger partial charge is 0.373 e. The minimum atomic E-state index is -2.29. The third kappa shape index (κ3) is 125. The molecule has 31 nitrogen and oxygen atoms in total. The number of carbonyl (C=O) groups excluding carboxylic acids is 12. The van der Waals surface area contributed by atoms with E-state index >= 15 is 0 Å². The van der Waals surface area contributed by atoms with Crippen molar-refractivity contribution in [2.75, 3.05) is 0 Å². The summed E-state index contributed by atoms with van der Waals surface area (Å²) in [4.78, 5) is 151. The molecule has 6 N–H and O–H groups in total. The van der Waals surface area contributed by atoms with Gasteiger partial charge in [0, 0.05) is 0 Å². The highest BCUT2D eigenvalue weighted by Crippen LogP contribution is 2.36. The van der Waals surface area contributed by atoms with E-state index in [-0.39, 0.29) is 174 Å². The van der Waals surface area contributed by atoms with E-state index < -0.39 is 143 Å². The van der Waals surface area contributed by atoms with Crippen molar-refractivity contribution in [2.24, 2.45) is 35.5 Å². The predicted molar refractivity (Wildman–Crippen MR) is 577 cm³/mol. The fraction of sp³-hybridized carbons (Fsp3) is 0.800. The molecule has 0 aliphatic carbocycles. The van der Waals surface area contributed by atoms with Crippen molar-refractivity contribution in [3.63, 3.8) is 0 Å². The average molecular weight is 2130 g/mol. The summed E-state index contributed by atoms with van der Waals surface area (Å²) in [6.07, 6.45) is 17.0. The molecule has 2 rings (SSSR count). The maximum atomic E-state index is 11.6. The summed E-state index contributed by atoms with van der Waals surface area (Å²) in [5.74, 6) is -6.20. The van der Waals surface area contributed by atoms with Crippen LogP contribution in [0.4, 0.5) is 0 Å². The van der Waals surface area contributed by atoms with E-state index in [9.17, 15) is 38.4 Å². The highest BCUT2D eigenvalue weighted by Gasteiger charge is 2.47. The first-order valence-corrected chi connectivity index (χ1v) is 76.8. The number of ether oxygens (including phenoxy) is 2. The monoisotopic (exact) mass is 2120 g/mol. The zero-order chi connectivity index (χ0) is 96.7. The Bertz CT molecular complexity index is 2850. The number of cyclic esters (lactones) is 4. The number of carbonyl (C=O) groups is 8. The first kappa shape index (κ1) is 184. The molecule has 2 heterocycles. The second-order valence-corrected chi connectivity index (χ2v) is 87.4. The van der Waals surface area contributed by atoms with Gasteiger partial charge in [0.15, 0.2) is 66.5 Å². The van der Waals surface area contributed by atoms with E-state index in [1.54, 1.807) is 45.9 Å². The van der Waals surface area contributed by atoms with Crippen LogP contribution in [-0.4, -0.2) is 200 Å². The standard InChI is InChI=1S/C16H34O5Si3.2C15H36O4Si3.C9H26O2Si3.C7H8O3.2C6H10O2.4CO2.12CH4.H2O/c1-8-11-24(20-22(2,3)4,21-23(5,6)7)12-9-10-14-13-15(17)19-16(14)18;2*1-9-12-22(18-20(3,4)5,19-21(6,7)8)13-10-11-14(2)15(16)17;1-8-9-12(10-13(2,3)4)11-14(5,6)7;1-2-3-5-4-6(8)10-7(5)9;2*1-3-4-5(2)6(7)8;4*2-1-3;;;;;;;;;;;;;/h14H,8-13H2,1-7H3;2*14H,9-13H2,1-8H3,(H,16,17);12H,8-9H2,1-7H3;2,5H,1,3-4H2;2*3,5H,1,4H2,2H3,(H,7,8);;;;;12*1H4;1H2. The largest absolute Gasteiger partial charge is 0.481 e. The van der Waals surface area contributed by atoms with Crippen LogP contribution in [0.5, 0.6) is 0 Å². The third-order valence-corrected chi connectivity index (χ3v) is 54.5. The summed E-state index contributed by atoms with van der Waals surface area (Å²) < 4.78 is 61.1. The lowest BCUT2D eigenvalue weighted by molar-refractivity contribution is -0.193. The maximum absolute atomic E-state index is 11.6. The minimum Gasteiger partial charge on any atom is -0.481 e. The van der Waals surface area contributed by atoms with Gasteiger partial charge in [0.1, 0.15) is 0 Å². The number of hydrogen-bond donors (Lipinski definition) is 4. The zero-order valence-corrected chi connectivity index (χ0v) is 92.0. The van der Waals surface area contributed by atoms with Crippen LogP contribution < -0.4 is 0 Å². The molecular formula is C90H210O31Si12. The van der Waals surface area contributed by atoms with Crippen LogP contribution in [-0.2, 0) is 119 Å². The molecule has 0 radical (unpaired) electrons. The van der Waals surface area contributed by atoms with E-state index in [1.165, 1.54) is 6.42 Å². The van der Waals surface area contributed by atoms with Gasteiger partial charge in [0.2, 0.25) is 0 Å². The molecule has 6 atom stereocenters. The van der Waals surface area contributed by atoms with Gasteiger partial charge in [-0.3, -0.25) is 38.4 Å². The highest BCUT2D eigenvalue weighted by molar-refractivity contribution is 6.90.